The van der Waals surface area contributed by atoms with E-state index in [4.69, 9.17) is 21.1 Å². The van der Waals surface area contributed by atoms with E-state index in [1.165, 1.54) is 12.1 Å². The maximum atomic E-state index is 13.2. The van der Waals surface area contributed by atoms with Crippen molar-refractivity contribution in [3.63, 3.8) is 0 Å². The second-order valence-corrected chi connectivity index (χ2v) is 5.92. The number of hydrogen-bond donors (Lipinski definition) is 2. The monoisotopic (exact) mass is 380 g/mol. The van der Waals surface area contributed by atoms with Crippen LogP contribution in [0.15, 0.2) is 48.5 Å². The molecule has 140 valence electrons. The molecule has 0 aromatic heterocycles. The Bertz CT molecular complexity index is 700. The lowest BCUT2D eigenvalue weighted by Crippen LogP contribution is -2.37. The standard InChI is InChI=1S/C19H22ClFN2O3/c1-25-12-11-22-9-10-23-19(24)18(14-5-3-2-4-6-14)26-17-8-7-15(21)13-16(17)20/h2-8,13,18,22H,9-12H2,1H3,(H,23,24). The zero-order valence-electron chi connectivity index (χ0n) is 14.5. The molecule has 0 spiro atoms. The van der Waals surface area contributed by atoms with E-state index in [0.717, 1.165) is 6.07 Å². The molecule has 2 rings (SSSR count). The Morgan fingerprint density at radius 2 is 1.92 bits per heavy atom. The number of carbonyl (C=O) groups excluding carboxylic acids is 1. The second-order valence-electron chi connectivity index (χ2n) is 5.52. The Hall–Kier alpha value is -2.15. The summed E-state index contributed by atoms with van der Waals surface area (Å²) >= 11 is 6.02. The molecular formula is C19H22ClFN2O3. The Balaban J connectivity index is 2.03. The van der Waals surface area contributed by atoms with Gasteiger partial charge in [0.15, 0.2) is 0 Å². The molecule has 0 bridgehead atoms. The number of rotatable bonds is 10. The van der Waals surface area contributed by atoms with Crippen molar-refractivity contribution in [2.24, 2.45) is 0 Å². The van der Waals surface area contributed by atoms with E-state index in [9.17, 15) is 9.18 Å². The topological polar surface area (TPSA) is 59.6 Å². The number of amides is 1. The van der Waals surface area contributed by atoms with Gasteiger partial charge in [-0.15, -0.1) is 0 Å². The normalized spacial score (nSPS) is 11.8. The first-order chi connectivity index (χ1) is 12.6. The first-order valence-corrected chi connectivity index (χ1v) is 8.63. The Morgan fingerprint density at radius 3 is 2.62 bits per heavy atom. The minimum absolute atomic E-state index is 0.111. The Kier molecular flexibility index (Phi) is 8.34. The molecule has 0 fully saturated rings. The molecule has 1 unspecified atom stereocenters. The Morgan fingerprint density at radius 1 is 1.15 bits per heavy atom. The smallest absolute Gasteiger partial charge is 0.265 e. The maximum absolute atomic E-state index is 13.2. The van der Waals surface area contributed by atoms with Gasteiger partial charge in [0.05, 0.1) is 11.6 Å². The molecule has 5 nitrogen and oxygen atoms in total. The maximum Gasteiger partial charge on any atom is 0.265 e. The van der Waals surface area contributed by atoms with Gasteiger partial charge in [0, 0.05) is 32.3 Å². The van der Waals surface area contributed by atoms with Crippen LogP contribution in [-0.2, 0) is 9.53 Å². The fraction of sp³-hybridized carbons (Fsp3) is 0.316. The van der Waals surface area contributed by atoms with Crippen LogP contribution < -0.4 is 15.4 Å². The summed E-state index contributed by atoms with van der Waals surface area (Å²) in [6, 6.07) is 12.9. The number of carbonyl (C=O) groups is 1. The second kappa shape index (κ2) is 10.8. The highest BCUT2D eigenvalue weighted by Crippen LogP contribution is 2.29. The molecule has 2 N–H and O–H groups in total. The highest BCUT2D eigenvalue weighted by atomic mass is 35.5. The van der Waals surface area contributed by atoms with Crippen molar-refractivity contribution in [2.75, 3.05) is 33.4 Å². The number of hydrogen-bond acceptors (Lipinski definition) is 4. The minimum Gasteiger partial charge on any atom is -0.474 e. The quantitative estimate of drug-likeness (QED) is 0.622. The van der Waals surface area contributed by atoms with Gasteiger partial charge in [-0.3, -0.25) is 4.79 Å². The van der Waals surface area contributed by atoms with Gasteiger partial charge in [-0.2, -0.15) is 0 Å². The van der Waals surface area contributed by atoms with Gasteiger partial charge in [-0.25, -0.2) is 4.39 Å². The lowest BCUT2D eigenvalue weighted by Gasteiger charge is -2.20. The average molecular weight is 381 g/mol. The minimum atomic E-state index is -0.891. The number of ether oxygens (including phenoxy) is 2. The van der Waals surface area contributed by atoms with E-state index in [1.807, 2.05) is 18.2 Å². The van der Waals surface area contributed by atoms with Gasteiger partial charge in [0.2, 0.25) is 6.10 Å². The van der Waals surface area contributed by atoms with E-state index in [0.29, 0.717) is 31.8 Å². The van der Waals surface area contributed by atoms with Crippen LogP contribution in [-0.4, -0.2) is 39.3 Å². The number of halogens is 2. The molecule has 2 aromatic rings. The molecule has 0 aliphatic heterocycles. The summed E-state index contributed by atoms with van der Waals surface area (Å²) in [5.41, 5.74) is 0.678. The van der Waals surface area contributed by atoms with Crippen molar-refractivity contribution < 1.29 is 18.7 Å². The van der Waals surface area contributed by atoms with Crippen molar-refractivity contribution in [3.05, 3.63) is 64.9 Å². The summed E-state index contributed by atoms with van der Waals surface area (Å²) in [6.45, 7) is 2.35. The van der Waals surface area contributed by atoms with Crippen molar-refractivity contribution in [3.8, 4) is 5.75 Å². The van der Waals surface area contributed by atoms with Crippen LogP contribution in [0.2, 0.25) is 5.02 Å². The summed E-state index contributed by atoms with van der Waals surface area (Å²) in [5, 5.41) is 6.08. The van der Waals surface area contributed by atoms with Crippen LogP contribution >= 0.6 is 11.6 Å². The van der Waals surface area contributed by atoms with Crippen LogP contribution in [0.1, 0.15) is 11.7 Å². The summed E-state index contributed by atoms with van der Waals surface area (Å²) < 4.78 is 24.0. The molecule has 1 atom stereocenters. The molecule has 0 aliphatic rings. The van der Waals surface area contributed by atoms with Crippen molar-refractivity contribution >= 4 is 17.5 Å². The summed E-state index contributed by atoms with van der Waals surface area (Å²) in [4.78, 5) is 12.6. The van der Waals surface area contributed by atoms with Crippen LogP contribution in [0.4, 0.5) is 4.39 Å². The molecular weight excluding hydrogens is 359 g/mol. The molecule has 1 amide bonds. The van der Waals surface area contributed by atoms with Crippen LogP contribution in [0.5, 0.6) is 5.75 Å². The molecule has 7 heteroatoms. The fourth-order valence-electron chi connectivity index (χ4n) is 2.26. The van der Waals surface area contributed by atoms with Gasteiger partial charge in [-0.1, -0.05) is 41.9 Å². The first kappa shape index (κ1) is 20.2. The van der Waals surface area contributed by atoms with Gasteiger partial charge >= 0.3 is 0 Å². The van der Waals surface area contributed by atoms with Gasteiger partial charge in [0.1, 0.15) is 11.6 Å². The molecule has 0 heterocycles. The van der Waals surface area contributed by atoms with E-state index in [-0.39, 0.29) is 16.7 Å². The fourth-order valence-corrected chi connectivity index (χ4v) is 2.48. The van der Waals surface area contributed by atoms with Crippen LogP contribution in [0.25, 0.3) is 0 Å². The molecule has 0 radical (unpaired) electrons. The highest BCUT2D eigenvalue weighted by molar-refractivity contribution is 6.32. The summed E-state index contributed by atoms with van der Waals surface area (Å²) in [6.07, 6.45) is -0.891. The lowest BCUT2D eigenvalue weighted by molar-refractivity contribution is -0.128. The van der Waals surface area contributed by atoms with Crippen molar-refractivity contribution in [2.45, 2.75) is 6.10 Å². The third kappa shape index (κ3) is 6.29. The predicted molar refractivity (Wildman–Crippen MR) is 99.0 cm³/mol. The molecule has 0 saturated carbocycles. The molecule has 0 saturated heterocycles. The van der Waals surface area contributed by atoms with Gasteiger partial charge < -0.3 is 20.1 Å². The molecule has 0 aliphatic carbocycles. The summed E-state index contributed by atoms with van der Waals surface area (Å²) in [7, 11) is 1.63. The summed E-state index contributed by atoms with van der Waals surface area (Å²) in [5.74, 6) is -0.523. The lowest BCUT2D eigenvalue weighted by atomic mass is 10.1. The van der Waals surface area contributed by atoms with E-state index >= 15 is 0 Å². The van der Waals surface area contributed by atoms with E-state index in [2.05, 4.69) is 10.6 Å². The zero-order chi connectivity index (χ0) is 18.8. The molecule has 2 aromatic carbocycles. The first-order valence-electron chi connectivity index (χ1n) is 8.26. The number of benzene rings is 2. The van der Waals surface area contributed by atoms with Gasteiger partial charge in [0.25, 0.3) is 5.91 Å². The van der Waals surface area contributed by atoms with Gasteiger partial charge in [-0.05, 0) is 18.2 Å². The number of nitrogens with one attached hydrogen (secondary N) is 2. The van der Waals surface area contributed by atoms with E-state index in [1.54, 1.807) is 19.2 Å². The van der Waals surface area contributed by atoms with Crippen LogP contribution in [0.3, 0.4) is 0 Å². The average Bonchev–Trinajstić information content (AvgIpc) is 2.64. The van der Waals surface area contributed by atoms with Crippen molar-refractivity contribution in [1.82, 2.24) is 10.6 Å². The SMILES string of the molecule is COCCNCCNC(=O)C(Oc1ccc(F)cc1Cl)c1ccccc1. The highest BCUT2D eigenvalue weighted by Gasteiger charge is 2.23. The molecule has 26 heavy (non-hydrogen) atoms. The van der Waals surface area contributed by atoms with Crippen LogP contribution in [0, 0.1) is 5.82 Å². The Labute approximate surface area is 157 Å². The van der Waals surface area contributed by atoms with E-state index < -0.39 is 11.9 Å². The largest absolute Gasteiger partial charge is 0.474 e. The number of methoxy groups -OCH3 is 1. The predicted octanol–water partition coefficient (Wildman–Crippen LogP) is 2.95. The van der Waals surface area contributed by atoms with Crippen molar-refractivity contribution in [1.29, 1.82) is 0 Å². The third-order valence-corrected chi connectivity index (χ3v) is 3.86. The third-order valence-electron chi connectivity index (χ3n) is 3.56. The zero-order valence-corrected chi connectivity index (χ0v) is 15.3.